The number of unbranched alkanes of at least 4 members (excludes halogenated alkanes) is 1. The van der Waals surface area contributed by atoms with E-state index in [1.807, 2.05) is 27.0 Å². The van der Waals surface area contributed by atoms with Gasteiger partial charge in [0.25, 0.3) is 5.91 Å². The summed E-state index contributed by atoms with van der Waals surface area (Å²) in [6.07, 6.45) is 5.68. The molecule has 0 aliphatic heterocycles. The summed E-state index contributed by atoms with van der Waals surface area (Å²) >= 11 is 0. The van der Waals surface area contributed by atoms with E-state index in [1.165, 1.54) is 5.56 Å². The zero-order valence-electron chi connectivity index (χ0n) is 15.3. The van der Waals surface area contributed by atoms with Crippen molar-refractivity contribution in [3.05, 3.63) is 52.8 Å². The third-order valence-electron chi connectivity index (χ3n) is 4.19. The maximum atomic E-state index is 12.6. The highest BCUT2D eigenvalue weighted by atomic mass is 16.1. The lowest BCUT2D eigenvalue weighted by atomic mass is 10.0. The molecule has 0 aliphatic rings. The second kappa shape index (κ2) is 7.95. The molecule has 1 aromatic carbocycles. The molecular weight excluding hydrogens is 298 g/mol. The largest absolute Gasteiger partial charge is 0.373 e. The van der Waals surface area contributed by atoms with Gasteiger partial charge in [-0.15, -0.1) is 0 Å². The van der Waals surface area contributed by atoms with Crippen molar-refractivity contribution >= 4 is 17.3 Å². The van der Waals surface area contributed by atoms with E-state index in [-0.39, 0.29) is 5.91 Å². The third-order valence-corrected chi connectivity index (χ3v) is 4.19. The first-order valence-electron chi connectivity index (χ1n) is 8.47. The fourth-order valence-electron chi connectivity index (χ4n) is 2.85. The van der Waals surface area contributed by atoms with Gasteiger partial charge in [-0.2, -0.15) is 0 Å². The summed E-state index contributed by atoms with van der Waals surface area (Å²) in [5.41, 5.74) is 5.78. The van der Waals surface area contributed by atoms with Crippen molar-refractivity contribution in [3.8, 4) is 0 Å². The molecule has 1 amide bonds. The van der Waals surface area contributed by atoms with Gasteiger partial charge in [0.1, 0.15) is 0 Å². The molecule has 0 bridgehead atoms. The number of nitrogens with one attached hydrogen (secondary N) is 1. The number of hydrogen-bond donors (Lipinski definition) is 1. The minimum atomic E-state index is -0.122. The van der Waals surface area contributed by atoms with Crippen LogP contribution < -0.4 is 10.2 Å². The highest BCUT2D eigenvalue weighted by Gasteiger charge is 2.12. The molecule has 4 heteroatoms. The van der Waals surface area contributed by atoms with Crippen LogP contribution in [0.5, 0.6) is 0 Å². The van der Waals surface area contributed by atoms with Gasteiger partial charge in [-0.3, -0.25) is 9.78 Å². The van der Waals surface area contributed by atoms with Gasteiger partial charge in [-0.05, 0) is 44.4 Å². The van der Waals surface area contributed by atoms with Crippen molar-refractivity contribution in [2.75, 3.05) is 23.8 Å². The van der Waals surface area contributed by atoms with Crippen LogP contribution >= 0.6 is 0 Å². The predicted molar refractivity (Wildman–Crippen MR) is 101 cm³/mol. The minimum absolute atomic E-state index is 0.122. The number of carbonyl (C=O) groups excluding carboxylic acids is 1. The highest BCUT2D eigenvalue weighted by molar-refractivity contribution is 6.05. The standard InChI is InChI=1S/C20H27N3O/c1-6-7-8-23(5)18-11-17(12-21-13-18)20(24)22-19-15(3)9-14(2)10-16(19)4/h9-13H,6-8H2,1-5H3,(H,22,24). The van der Waals surface area contributed by atoms with Gasteiger partial charge >= 0.3 is 0 Å². The number of carbonyl (C=O) groups is 1. The Hall–Kier alpha value is -2.36. The van der Waals surface area contributed by atoms with Gasteiger partial charge in [0, 0.05) is 25.5 Å². The normalized spacial score (nSPS) is 10.5. The molecule has 1 aromatic heterocycles. The number of hydrogen-bond acceptors (Lipinski definition) is 3. The molecule has 0 fully saturated rings. The molecular formula is C20H27N3O. The lowest BCUT2D eigenvalue weighted by Gasteiger charge is -2.19. The summed E-state index contributed by atoms with van der Waals surface area (Å²) in [5.74, 6) is -0.122. The molecule has 0 aliphatic carbocycles. The van der Waals surface area contributed by atoms with Crippen LogP contribution in [0, 0.1) is 20.8 Å². The average Bonchev–Trinajstić information content (AvgIpc) is 2.55. The van der Waals surface area contributed by atoms with Gasteiger partial charge in [0.05, 0.1) is 17.4 Å². The zero-order chi connectivity index (χ0) is 17.7. The number of amides is 1. The van der Waals surface area contributed by atoms with Crippen molar-refractivity contribution in [2.45, 2.75) is 40.5 Å². The molecule has 1 heterocycles. The van der Waals surface area contributed by atoms with E-state index in [9.17, 15) is 4.79 Å². The van der Waals surface area contributed by atoms with Gasteiger partial charge in [-0.1, -0.05) is 31.0 Å². The number of nitrogens with zero attached hydrogens (tertiary/aromatic N) is 2. The summed E-state index contributed by atoms with van der Waals surface area (Å²) in [6.45, 7) is 9.22. The van der Waals surface area contributed by atoms with Crippen molar-refractivity contribution in [1.82, 2.24) is 4.98 Å². The van der Waals surface area contributed by atoms with Gasteiger partial charge in [-0.25, -0.2) is 0 Å². The van der Waals surface area contributed by atoms with E-state index in [0.717, 1.165) is 41.9 Å². The minimum Gasteiger partial charge on any atom is -0.373 e. The zero-order valence-corrected chi connectivity index (χ0v) is 15.3. The van der Waals surface area contributed by atoms with Crippen molar-refractivity contribution in [2.24, 2.45) is 0 Å². The number of rotatable bonds is 6. The van der Waals surface area contributed by atoms with Crippen LogP contribution in [0.1, 0.15) is 46.8 Å². The SMILES string of the molecule is CCCCN(C)c1cncc(C(=O)Nc2c(C)cc(C)cc2C)c1. The first-order valence-corrected chi connectivity index (χ1v) is 8.47. The van der Waals surface area contributed by atoms with E-state index in [0.29, 0.717) is 5.56 Å². The van der Waals surface area contributed by atoms with Crippen LogP contribution in [0.25, 0.3) is 0 Å². The second-order valence-electron chi connectivity index (χ2n) is 6.43. The Bertz CT molecular complexity index is 702. The number of pyridine rings is 1. The van der Waals surface area contributed by atoms with Crippen LogP contribution in [0.15, 0.2) is 30.6 Å². The Morgan fingerprint density at radius 2 is 1.79 bits per heavy atom. The molecule has 24 heavy (non-hydrogen) atoms. The molecule has 0 spiro atoms. The predicted octanol–water partition coefficient (Wildman–Crippen LogP) is 4.50. The average molecular weight is 325 g/mol. The monoisotopic (exact) mass is 325 g/mol. The molecule has 2 aromatic rings. The van der Waals surface area contributed by atoms with E-state index < -0.39 is 0 Å². The Kier molecular flexibility index (Phi) is 5.96. The number of aryl methyl sites for hydroxylation is 3. The van der Waals surface area contributed by atoms with Gasteiger partial charge < -0.3 is 10.2 Å². The van der Waals surface area contributed by atoms with E-state index in [2.05, 4.69) is 41.2 Å². The molecule has 2 rings (SSSR count). The summed E-state index contributed by atoms with van der Waals surface area (Å²) < 4.78 is 0. The van der Waals surface area contributed by atoms with Gasteiger partial charge in [0.2, 0.25) is 0 Å². The number of anilines is 2. The highest BCUT2D eigenvalue weighted by Crippen LogP contribution is 2.23. The second-order valence-corrected chi connectivity index (χ2v) is 6.43. The number of aromatic nitrogens is 1. The maximum absolute atomic E-state index is 12.6. The Morgan fingerprint density at radius 1 is 1.12 bits per heavy atom. The molecule has 0 atom stereocenters. The molecule has 0 saturated heterocycles. The van der Waals surface area contributed by atoms with E-state index in [4.69, 9.17) is 0 Å². The number of benzene rings is 1. The van der Waals surface area contributed by atoms with E-state index >= 15 is 0 Å². The summed E-state index contributed by atoms with van der Waals surface area (Å²) in [6, 6.07) is 6.06. The lowest BCUT2D eigenvalue weighted by molar-refractivity contribution is 0.102. The lowest BCUT2D eigenvalue weighted by Crippen LogP contribution is -2.20. The molecule has 0 radical (unpaired) electrons. The summed E-state index contributed by atoms with van der Waals surface area (Å²) in [4.78, 5) is 19.0. The topological polar surface area (TPSA) is 45.2 Å². The smallest absolute Gasteiger partial charge is 0.257 e. The molecule has 0 unspecified atom stereocenters. The first-order chi connectivity index (χ1) is 11.4. The summed E-state index contributed by atoms with van der Waals surface area (Å²) in [7, 11) is 2.03. The Morgan fingerprint density at radius 3 is 2.42 bits per heavy atom. The Labute approximate surface area is 144 Å². The molecule has 4 nitrogen and oxygen atoms in total. The van der Waals surface area contributed by atoms with Crippen LogP contribution in [0.2, 0.25) is 0 Å². The van der Waals surface area contributed by atoms with Crippen LogP contribution in [-0.4, -0.2) is 24.5 Å². The van der Waals surface area contributed by atoms with Crippen LogP contribution in [0.4, 0.5) is 11.4 Å². The molecule has 128 valence electrons. The molecule has 0 saturated carbocycles. The van der Waals surface area contributed by atoms with E-state index in [1.54, 1.807) is 12.4 Å². The summed E-state index contributed by atoms with van der Waals surface area (Å²) in [5, 5.41) is 3.03. The van der Waals surface area contributed by atoms with Gasteiger partial charge in [0.15, 0.2) is 0 Å². The van der Waals surface area contributed by atoms with Crippen LogP contribution in [-0.2, 0) is 0 Å². The van der Waals surface area contributed by atoms with Crippen molar-refractivity contribution < 1.29 is 4.79 Å². The quantitative estimate of drug-likeness (QED) is 0.851. The van der Waals surface area contributed by atoms with Crippen LogP contribution in [0.3, 0.4) is 0 Å². The maximum Gasteiger partial charge on any atom is 0.257 e. The Balaban J connectivity index is 2.19. The fraction of sp³-hybridized carbons (Fsp3) is 0.400. The van der Waals surface area contributed by atoms with Crippen molar-refractivity contribution in [1.29, 1.82) is 0 Å². The first kappa shape index (κ1) is 18.0. The van der Waals surface area contributed by atoms with Crippen molar-refractivity contribution in [3.63, 3.8) is 0 Å². The third kappa shape index (κ3) is 4.34. The fourth-order valence-corrected chi connectivity index (χ4v) is 2.85. The molecule has 1 N–H and O–H groups in total.